The summed E-state index contributed by atoms with van der Waals surface area (Å²) in [7, 11) is 2.17. The summed E-state index contributed by atoms with van der Waals surface area (Å²) in [4.78, 5) is 25.7. The number of nitrogens with zero attached hydrogens (tertiary/aromatic N) is 1. The van der Waals surface area contributed by atoms with E-state index in [1.165, 1.54) is 19.4 Å². The molecular weight excluding hydrogens is 421 g/mol. The fraction of sp³-hybridized carbons (Fsp3) is 0.524. The van der Waals surface area contributed by atoms with Crippen LogP contribution in [0, 0.1) is 5.92 Å². The molecule has 1 aromatic carbocycles. The zero-order valence-electron chi connectivity index (χ0n) is 17.8. The van der Waals surface area contributed by atoms with Crippen molar-refractivity contribution in [2.24, 2.45) is 5.92 Å². The van der Waals surface area contributed by atoms with Gasteiger partial charge in [0, 0.05) is 54.1 Å². The Hall–Kier alpha value is -1.93. The number of rotatable bonds is 2. The Kier molecular flexibility index (Phi) is 8.12. The number of carbonyl (C=O) groups is 2. The molecule has 6 N–H and O–H groups in total. The van der Waals surface area contributed by atoms with Crippen LogP contribution >= 0.6 is 0 Å². The van der Waals surface area contributed by atoms with Crippen molar-refractivity contribution in [3.63, 3.8) is 0 Å². The van der Waals surface area contributed by atoms with Crippen molar-refractivity contribution in [2.45, 2.75) is 50.4 Å². The largest absolute Gasteiger partial charge is 0.481 e. The number of hydrogen-bond donors (Lipinski definition) is 0. The van der Waals surface area contributed by atoms with E-state index in [0.29, 0.717) is 17.5 Å². The lowest BCUT2D eigenvalue weighted by Gasteiger charge is -2.56. The lowest BCUT2D eigenvalue weighted by molar-refractivity contribution is -0.152. The van der Waals surface area contributed by atoms with Crippen molar-refractivity contribution < 1.29 is 40.2 Å². The smallest absolute Gasteiger partial charge is 0.308 e. The van der Waals surface area contributed by atoms with Crippen LogP contribution in [0.25, 0.3) is 0 Å². The second-order valence-electron chi connectivity index (χ2n) is 8.09. The van der Waals surface area contributed by atoms with Crippen LogP contribution in [-0.4, -0.2) is 82.5 Å². The maximum absolute atomic E-state index is 11.7. The Balaban J connectivity index is 0.00000120. The van der Waals surface area contributed by atoms with E-state index in [-0.39, 0.29) is 63.2 Å². The summed E-state index contributed by atoms with van der Waals surface area (Å²) in [5.74, 6) is 0.712. The van der Waals surface area contributed by atoms with Crippen LogP contribution in [0.5, 0.6) is 11.5 Å². The van der Waals surface area contributed by atoms with Crippen molar-refractivity contribution >= 4 is 29.3 Å². The van der Waals surface area contributed by atoms with Crippen LogP contribution < -0.4 is 9.47 Å². The average molecular weight is 450 g/mol. The summed E-state index contributed by atoms with van der Waals surface area (Å²) in [5, 5.41) is 0. The minimum atomic E-state index is -0.439. The van der Waals surface area contributed by atoms with Crippen molar-refractivity contribution in [3.8, 4) is 11.5 Å². The number of likely N-dealkylation sites (N-methyl/N-ethyl adjacent to an activating group) is 1. The van der Waals surface area contributed by atoms with Gasteiger partial charge < -0.3 is 35.5 Å². The normalized spacial score (nSPS) is 30.7. The molecule has 10 heteroatoms. The van der Waals surface area contributed by atoms with Gasteiger partial charge in [-0.05, 0) is 44.1 Å². The SMILES string of the molecule is CC(=O)Oc1ccc2c3c1O[C@H]1[C@@H](OC(C)=O)C=C[C@H]4[C@@H](C2)N(C)CC[C@@]341.O.O.O.[Al]. The zero-order chi connectivity index (χ0) is 18.9. The molecule has 1 aromatic rings. The molecule has 9 nitrogen and oxygen atoms in total. The number of esters is 2. The van der Waals surface area contributed by atoms with Gasteiger partial charge in [0.1, 0.15) is 6.10 Å². The molecule has 0 saturated carbocycles. The molecular formula is C21H29AlNO8. The Morgan fingerprint density at radius 2 is 1.84 bits per heavy atom. The predicted molar refractivity (Wildman–Crippen MR) is 113 cm³/mol. The molecule has 2 aliphatic carbocycles. The van der Waals surface area contributed by atoms with Crippen LogP contribution in [0.4, 0.5) is 0 Å². The number of hydrogen-bond acceptors (Lipinski definition) is 6. The Morgan fingerprint density at radius 1 is 1.13 bits per heavy atom. The van der Waals surface area contributed by atoms with Gasteiger partial charge in [0.05, 0.1) is 0 Å². The topological polar surface area (TPSA) is 160 Å². The highest BCUT2D eigenvalue weighted by molar-refractivity contribution is 5.75. The van der Waals surface area contributed by atoms with E-state index < -0.39 is 6.10 Å². The van der Waals surface area contributed by atoms with Crippen LogP contribution in [0.3, 0.4) is 0 Å². The second-order valence-corrected chi connectivity index (χ2v) is 8.09. The molecule has 1 fully saturated rings. The third-order valence-electron chi connectivity index (χ3n) is 6.67. The highest BCUT2D eigenvalue weighted by atomic mass is 27.0. The molecule has 0 amide bonds. The van der Waals surface area contributed by atoms with E-state index in [0.717, 1.165) is 24.9 Å². The first-order chi connectivity index (χ1) is 12.9. The fourth-order valence-corrected chi connectivity index (χ4v) is 5.74. The monoisotopic (exact) mass is 450 g/mol. The van der Waals surface area contributed by atoms with E-state index in [1.807, 2.05) is 12.1 Å². The number of carbonyl (C=O) groups excluding carboxylic acids is 2. The van der Waals surface area contributed by atoms with Crippen molar-refractivity contribution in [3.05, 3.63) is 35.4 Å². The van der Waals surface area contributed by atoms with Gasteiger partial charge in [0.25, 0.3) is 0 Å². The third-order valence-corrected chi connectivity index (χ3v) is 6.67. The van der Waals surface area contributed by atoms with Crippen LogP contribution in [0.15, 0.2) is 24.3 Å². The molecule has 4 aliphatic rings. The number of likely N-dealkylation sites (tertiary alicyclic amines) is 1. The maximum Gasteiger partial charge on any atom is 0.308 e. The molecule has 2 heterocycles. The van der Waals surface area contributed by atoms with Crippen molar-refractivity contribution in [1.82, 2.24) is 4.90 Å². The molecule has 0 unspecified atom stereocenters. The second kappa shape index (κ2) is 9.29. The third kappa shape index (κ3) is 3.67. The van der Waals surface area contributed by atoms with E-state index in [1.54, 1.807) is 0 Å². The molecule has 2 bridgehead atoms. The van der Waals surface area contributed by atoms with Crippen LogP contribution in [0.1, 0.15) is 31.4 Å². The first-order valence-corrected chi connectivity index (χ1v) is 9.49. The van der Waals surface area contributed by atoms with Gasteiger partial charge in [-0.1, -0.05) is 12.1 Å². The molecule has 0 aromatic heterocycles. The summed E-state index contributed by atoms with van der Waals surface area (Å²) < 4.78 is 17.5. The molecule has 1 spiro atoms. The van der Waals surface area contributed by atoms with E-state index in [4.69, 9.17) is 14.2 Å². The number of piperidine rings is 1. The molecule has 5 rings (SSSR count). The minimum absolute atomic E-state index is 0. The first kappa shape index (κ1) is 27.1. The van der Waals surface area contributed by atoms with E-state index in [2.05, 4.69) is 24.1 Å². The summed E-state index contributed by atoms with van der Waals surface area (Å²) in [6.45, 7) is 3.77. The zero-order valence-corrected chi connectivity index (χ0v) is 19.0. The van der Waals surface area contributed by atoms with Gasteiger partial charge in [-0.25, -0.2) is 0 Å². The highest BCUT2D eigenvalue weighted by Gasteiger charge is 2.65. The van der Waals surface area contributed by atoms with Gasteiger partial charge >= 0.3 is 11.9 Å². The molecule has 2 aliphatic heterocycles. The lowest BCUT2D eigenvalue weighted by Crippen LogP contribution is -2.65. The summed E-state index contributed by atoms with van der Waals surface area (Å²) in [6, 6.07) is 4.28. The van der Waals surface area contributed by atoms with Gasteiger partial charge in [-0.2, -0.15) is 0 Å². The minimum Gasteiger partial charge on any atom is -0.481 e. The number of ether oxygens (including phenoxy) is 3. The Bertz CT molecular complexity index is 890. The molecule has 1 saturated heterocycles. The molecule has 5 atom stereocenters. The molecule has 169 valence electrons. The highest BCUT2D eigenvalue weighted by Crippen LogP contribution is 2.62. The summed E-state index contributed by atoms with van der Waals surface area (Å²) in [6.07, 6.45) is 5.31. The van der Waals surface area contributed by atoms with Gasteiger partial charge in [-0.15, -0.1) is 0 Å². The average Bonchev–Trinajstić information content (AvgIpc) is 2.95. The molecule has 31 heavy (non-hydrogen) atoms. The molecule has 3 radical (unpaired) electrons. The number of benzene rings is 1. The maximum atomic E-state index is 11.7. The quantitative estimate of drug-likeness (QED) is 0.246. The summed E-state index contributed by atoms with van der Waals surface area (Å²) >= 11 is 0. The van der Waals surface area contributed by atoms with Gasteiger partial charge in [0.15, 0.2) is 17.6 Å². The predicted octanol–water partition coefficient (Wildman–Crippen LogP) is -0.866. The van der Waals surface area contributed by atoms with Crippen molar-refractivity contribution in [2.75, 3.05) is 13.6 Å². The Labute approximate surface area is 191 Å². The fourth-order valence-electron chi connectivity index (χ4n) is 5.74. The van der Waals surface area contributed by atoms with Gasteiger partial charge in [0.2, 0.25) is 0 Å². The van der Waals surface area contributed by atoms with Crippen molar-refractivity contribution in [1.29, 1.82) is 0 Å². The van der Waals surface area contributed by atoms with Crippen LogP contribution in [-0.2, 0) is 26.2 Å². The first-order valence-electron chi connectivity index (χ1n) is 9.49. The van der Waals surface area contributed by atoms with E-state index >= 15 is 0 Å². The standard InChI is InChI=1S/C21H23NO5.Al.3H2O/c1-11(23)25-16-6-4-13-10-15-14-5-7-17(26-12(2)24)20-21(14,8-9-22(15)3)18(13)19(16)27-20;;;;/h4-7,14-15,17,20H,8-10H2,1-3H3;;3*1H2/t14-,15+,17-,20-,21-;;;;/m0..../s1. The van der Waals surface area contributed by atoms with E-state index in [9.17, 15) is 9.59 Å². The lowest BCUT2D eigenvalue weighted by atomic mass is 9.53. The Morgan fingerprint density at radius 3 is 2.48 bits per heavy atom. The summed E-state index contributed by atoms with van der Waals surface area (Å²) in [5.41, 5.74) is 2.15. The van der Waals surface area contributed by atoms with Gasteiger partial charge in [-0.3, -0.25) is 9.59 Å². The van der Waals surface area contributed by atoms with Crippen LogP contribution in [0.2, 0.25) is 0 Å².